The second-order valence-electron chi connectivity index (χ2n) is 26.2. The molecule has 15 nitrogen and oxygen atoms in total. The lowest BCUT2D eigenvalue weighted by Gasteiger charge is -2.46. The van der Waals surface area contributed by atoms with Crippen molar-refractivity contribution in [2.45, 2.75) is 75.5 Å². The molecule has 18 aliphatic carbocycles. The van der Waals surface area contributed by atoms with Gasteiger partial charge in [0.05, 0.1) is 66.7 Å². The van der Waals surface area contributed by atoms with Crippen molar-refractivity contribution in [3.63, 3.8) is 0 Å². The third-order valence-corrected chi connectivity index (χ3v) is 26.1. The summed E-state index contributed by atoms with van der Waals surface area (Å²) in [7, 11) is 0. The van der Waals surface area contributed by atoms with Gasteiger partial charge in [-0.15, -0.1) is 0 Å². The molecule has 21 aliphatic rings. The van der Waals surface area contributed by atoms with Gasteiger partial charge < -0.3 is 0 Å². The Morgan fingerprint density at radius 3 is 0.667 bits per heavy atom. The van der Waals surface area contributed by atoms with E-state index in [4.69, 9.17) is 29.9 Å². The van der Waals surface area contributed by atoms with Gasteiger partial charge in [-0.25, -0.2) is 29.9 Å². The summed E-state index contributed by atoms with van der Waals surface area (Å²) in [4.78, 5) is 130. The third-order valence-electron chi connectivity index (χ3n) is 26.1. The number of benzene rings is 1. The topological polar surface area (TPSA) is 189 Å². The molecule has 18 unspecified atom stereocenters. The minimum Gasteiger partial charge on any atom is -0.282 e. The lowest BCUT2D eigenvalue weighted by atomic mass is 9.53. The maximum Gasteiger partial charge on any atom is 0.237 e. The van der Waals surface area contributed by atoms with Gasteiger partial charge in [-0.3, -0.25) is 43.5 Å². The molecule has 24 bridgehead atoms. The highest BCUT2D eigenvalue weighted by Gasteiger charge is 3.02. The van der Waals surface area contributed by atoms with E-state index in [9.17, 15) is 0 Å². The molecule has 0 N–H and O–H groups in total. The Labute approximate surface area is 409 Å². The number of hydrogen-bond acceptors (Lipinski definition) is 12. The first kappa shape index (κ1) is 36.7. The lowest BCUT2D eigenvalue weighted by molar-refractivity contribution is -0.144. The first-order valence-electron chi connectivity index (χ1n) is 27.5. The smallest absolute Gasteiger partial charge is 0.237 e. The molecule has 3 aromatic heterocycles. The van der Waals surface area contributed by atoms with Crippen LogP contribution in [0.25, 0.3) is 33.1 Å². The van der Waals surface area contributed by atoms with Crippen LogP contribution in [0.2, 0.25) is 0 Å². The van der Waals surface area contributed by atoms with Gasteiger partial charge >= 0.3 is 0 Å². The zero-order valence-corrected chi connectivity index (χ0v) is 39.6. The number of allylic oxidation sites excluding steroid dienone is 6. The molecule has 6 spiro atoms. The van der Waals surface area contributed by atoms with Crippen LogP contribution in [-0.2, 0) is 28.8 Å². The standard InChI is InChI=1S/C57H45N9O6/c1-4-13-64-46(67)52-16-7-8-17-22(16)25-28(52)34-35(29(25)53(17,52)47(64)68)59-41-40(58-34)42-44(62-38-32-26-23-18-9-11-20(23)56(32)50(71)65(14-5-2)48(69)54(18,56)30(26)36(38)60-42)45-43(41)61-37-31-27-24-19-10-12-21(24)57(33(27)39(37)63-45)51(72)66(15-6-3)49(70)55(19,31)57/h7-12,16-33H,4-6,13-15H2,1-3H3. The van der Waals surface area contributed by atoms with Crippen molar-refractivity contribution in [1.82, 2.24) is 44.6 Å². The normalized spacial score (nSPS) is 53.8. The Hall–Kier alpha value is -6.12. The molecule has 6 heterocycles. The Kier molecular flexibility index (Phi) is 4.97. The minimum absolute atomic E-state index is 0.0156. The fourth-order valence-electron chi connectivity index (χ4n) is 26.2. The van der Waals surface area contributed by atoms with E-state index >= 15 is 28.8 Å². The van der Waals surface area contributed by atoms with E-state index < -0.39 is 32.5 Å². The minimum atomic E-state index is -0.882. The number of hydrogen-bond donors (Lipinski definition) is 0. The summed E-state index contributed by atoms with van der Waals surface area (Å²) in [6.45, 7) is 7.26. The molecule has 72 heavy (non-hydrogen) atoms. The first-order chi connectivity index (χ1) is 35.1. The van der Waals surface area contributed by atoms with E-state index in [0.717, 1.165) is 34.2 Å². The molecule has 3 aliphatic heterocycles. The van der Waals surface area contributed by atoms with Gasteiger partial charge in [0.15, 0.2) is 0 Å². The van der Waals surface area contributed by atoms with E-state index in [0.29, 0.717) is 72.0 Å². The highest BCUT2D eigenvalue weighted by molar-refractivity contribution is 6.21. The molecule has 12 saturated carbocycles. The van der Waals surface area contributed by atoms with Crippen molar-refractivity contribution in [3.05, 3.63) is 70.6 Å². The Morgan fingerprint density at radius 1 is 0.319 bits per heavy atom. The van der Waals surface area contributed by atoms with Gasteiger partial charge in [0.2, 0.25) is 35.4 Å². The van der Waals surface area contributed by atoms with Gasteiger partial charge in [0.1, 0.15) is 33.1 Å². The van der Waals surface area contributed by atoms with E-state index in [1.165, 1.54) is 0 Å². The Bertz CT molecular complexity index is 3270. The van der Waals surface area contributed by atoms with Gasteiger partial charge in [-0.2, -0.15) is 0 Å². The van der Waals surface area contributed by atoms with E-state index in [2.05, 4.69) is 36.5 Å². The molecule has 18 atom stereocenters. The number of carbonyl (C=O) groups excluding carboxylic acids is 6. The summed E-state index contributed by atoms with van der Waals surface area (Å²) < 4.78 is 0. The van der Waals surface area contributed by atoms with E-state index in [1.807, 2.05) is 20.8 Å². The van der Waals surface area contributed by atoms with Crippen LogP contribution in [0, 0.1) is 104 Å². The van der Waals surface area contributed by atoms with Crippen LogP contribution >= 0.6 is 0 Å². The third kappa shape index (κ3) is 2.45. The van der Waals surface area contributed by atoms with Gasteiger partial charge in [-0.1, -0.05) is 57.2 Å². The van der Waals surface area contributed by atoms with Crippen LogP contribution < -0.4 is 0 Å². The SMILES string of the molecule is CCCN1C(=O)C23C4C=CC5C4C4C2c2nc6c7nc8c(nc7c7nc9c(nc7c6nc2C4C53C1=O)C1C2C3C4C=CC3C3(C(=O)N(CCC)C(=O)C413)C92)C1C2C3C4C=CC3C13C(=O)N(CCC)C(=O)C43C82. The monoisotopic (exact) mass is 951 g/mol. The quantitative estimate of drug-likeness (QED) is 0.149. The molecule has 15 fully saturated rings. The summed E-state index contributed by atoms with van der Waals surface area (Å²) in [5.41, 5.74) is 2.73. The highest BCUT2D eigenvalue weighted by atomic mass is 16.2. The number of carbonyl (C=O) groups is 6. The molecule has 15 heteroatoms. The Balaban J connectivity index is 0.838. The van der Waals surface area contributed by atoms with E-state index in [1.54, 1.807) is 14.7 Å². The average molecular weight is 952 g/mol. The van der Waals surface area contributed by atoms with Crippen molar-refractivity contribution in [1.29, 1.82) is 0 Å². The first-order valence-corrected chi connectivity index (χ1v) is 27.5. The van der Waals surface area contributed by atoms with Crippen LogP contribution in [0.5, 0.6) is 0 Å². The highest BCUT2D eigenvalue weighted by Crippen LogP contribution is 2.99. The summed E-state index contributed by atoms with van der Waals surface area (Å²) in [6.07, 6.45) is 15.5. The van der Waals surface area contributed by atoms with E-state index in [-0.39, 0.29) is 142 Å². The second kappa shape index (κ2) is 9.74. The number of rotatable bonds is 6. The molecule has 1 aromatic carbocycles. The summed E-state index contributed by atoms with van der Waals surface area (Å²) in [5.74, 6) is -1.14. The zero-order valence-electron chi connectivity index (χ0n) is 39.6. The maximum absolute atomic E-state index is 15.1. The van der Waals surface area contributed by atoms with Gasteiger partial charge in [0, 0.05) is 55.1 Å². The summed E-state index contributed by atoms with van der Waals surface area (Å²) in [6, 6.07) is 0. The Morgan fingerprint density at radius 2 is 0.500 bits per heavy atom. The van der Waals surface area contributed by atoms with Crippen LogP contribution in [0.1, 0.15) is 110 Å². The zero-order chi connectivity index (χ0) is 47.2. The van der Waals surface area contributed by atoms with Gasteiger partial charge in [0.25, 0.3) is 0 Å². The molecule has 25 rings (SSSR count). The second-order valence-corrected chi connectivity index (χ2v) is 26.2. The number of imide groups is 3. The fourth-order valence-corrected chi connectivity index (χ4v) is 26.2. The average Bonchev–Trinajstić information content (AvgIpc) is 4.28. The predicted octanol–water partition coefficient (Wildman–Crippen LogP) is 4.54. The fraction of sp³-hybridized carbons (Fsp3) is 0.579. The molecular weight excluding hydrogens is 907 g/mol. The van der Waals surface area contributed by atoms with Gasteiger partial charge in [-0.05, 0) is 90.3 Å². The van der Waals surface area contributed by atoms with Crippen molar-refractivity contribution in [2.24, 2.45) is 104 Å². The lowest BCUT2D eigenvalue weighted by Crippen LogP contribution is -2.51. The van der Waals surface area contributed by atoms with Crippen molar-refractivity contribution in [3.8, 4) is 0 Å². The number of likely N-dealkylation sites (tertiary alicyclic amines) is 3. The molecule has 3 saturated heterocycles. The number of aromatic nitrogens is 6. The molecular formula is C57H45N9O6. The van der Waals surface area contributed by atoms with Crippen molar-refractivity contribution >= 4 is 68.5 Å². The summed E-state index contributed by atoms with van der Waals surface area (Å²) >= 11 is 0. The number of amides is 6. The van der Waals surface area contributed by atoms with Crippen LogP contribution in [-0.4, -0.2) is 99.7 Å². The number of fused-ring (bicyclic) bond motifs is 9. The van der Waals surface area contributed by atoms with Crippen molar-refractivity contribution in [2.75, 3.05) is 19.6 Å². The van der Waals surface area contributed by atoms with Crippen LogP contribution in [0.4, 0.5) is 0 Å². The number of nitrogens with zero attached hydrogens (tertiary/aromatic N) is 9. The summed E-state index contributed by atoms with van der Waals surface area (Å²) in [5, 5.41) is 0. The molecule has 6 amide bonds. The van der Waals surface area contributed by atoms with Crippen molar-refractivity contribution < 1.29 is 28.8 Å². The largest absolute Gasteiger partial charge is 0.282 e. The molecule has 4 aromatic rings. The van der Waals surface area contributed by atoms with Crippen LogP contribution in [0.3, 0.4) is 0 Å². The molecule has 354 valence electrons. The molecule has 0 radical (unpaired) electrons. The predicted molar refractivity (Wildman–Crippen MR) is 247 cm³/mol. The van der Waals surface area contributed by atoms with Crippen LogP contribution in [0.15, 0.2) is 36.5 Å². The maximum atomic E-state index is 15.1.